The molecule has 0 saturated heterocycles. The largest absolute Gasteiger partial charge is 0.394 e. The second-order valence-corrected chi connectivity index (χ2v) is 2.69. The van der Waals surface area contributed by atoms with Crippen molar-refractivity contribution in [2.45, 2.75) is 0 Å². The van der Waals surface area contributed by atoms with Crippen molar-refractivity contribution in [1.29, 1.82) is 0 Å². The molecule has 0 aromatic heterocycles. The van der Waals surface area contributed by atoms with Crippen molar-refractivity contribution in [3.8, 4) is 0 Å². The SMILES string of the molecule is Cl.O=S(=O)(O)O.O=S(=O)(O)O.[MgH2].[MgH2]. The molecule has 8 nitrogen and oxygen atoms in total. The smallest absolute Gasteiger partial charge is 0.264 e. The lowest BCUT2D eigenvalue weighted by atomic mass is 15.8. The molecular formula is H9ClMg2O8S2. The lowest BCUT2D eigenvalue weighted by Crippen LogP contribution is -1.89. The fourth-order valence-electron chi connectivity index (χ4n) is 0. The standard InChI is InChI=1S/ClH.2Mg.2H2O4S.4H/c;;;2*1-5(2,3)4;;;;/h1H;;;2*(H2,1,2,3,4);;;;. The first kappa shape index (κ1) is 29.3. The van der Waals surface area contributed by atoms with Crippen LogP contribution in [0.25, 0.3) is 0 Å². The van der Waals surface area contributed by atoms with Gasteiger partial charge in [0.05, 0.1) is 0 Å². The second kappa shape index (κ2) is 11.6. The van der Waals surface area contributed by atoms with Gasteiger partial charge in [0.2, 0.25) is 0 Å². The van der Waals surface area contributed by atoms with Crippen molar-refractivity contribution < 1.29 is 35.0 Å². The van der Waals surface area contributed by atoms with Crippen molar-refractivity contribution in [2.75, 3.05) is 0 Å². The molecule has 0 aromatic rings. The van der Waals surface area contributed by atoms with E-state index in [2.05, 4.69) is 0 Å². The first-order valence-electron chi connectivity index (χ1n) is 1.40. The quantitative estimate of drug-likeness (QED) is 0.277. The molecule has 0 aliphatic rings. The molecule has 0 spiro atoms. The third-order valence-corrected chi connectivity index (χ3v) is 0. The van der Waals surface area contributed by atoms with Gasteiger partial charge in [-0.2, -0.15) is 16.8 Å². The lowest BCUT2D eigenvalue weighted by Gasteiger charge is -1.68. The molecule has 0 rings (SSSR count). The molecule has 0 aliphatic heterocycles. The summed E-state index contributed by atoms with van der Waals surface area (Å²) in [5.74, 6) is 0. The second-order valence-electron chi connectivity index (χ2n) is 0.896. The summed E-state index contributed by atoms with van der Waals surface area (Å²) in [4.78, 5) is 0. The first-order valence-corrected chi connectivity index (χ1v) is 4.19. The van der Waals surface area contributed by atoms with Crippen LogP contribution in [0.2, 0.25) is 0 Å². The summed E-state index contributed by atoms with van der Waals surface area (Å²) < 4.78 is 63.2. The van der Waals surface area contributed by atoms with Gasteiger partial charge in [-0.25, -0.2) is 0 Å². The Morgan fingerprint density at radius 2 is 0.615 bits per heavy atom. The van der Waals surface area contributed by atoms with Gasteiger partial charge < -0.3 is 0 Å². The molecule has 0 aliphatic carbocycles. The van der Waals surface area contributed by atoms with Crippen LogP contribution in [0.15, 0.2) is 0 Å². The Balaban J connectivity index is -0.0000000267. The van der Waals surface area contributed by atoms with Crippen LogP contribution in [0.4, 0.5) is 0 Å². The average Bonchev–Trinajstić information content (AvgIpc) is 1.12. The number of halogens is 1. The van der Waals surface area contributed by atoms with Crippen LogP contribution in [-0.2, 0) is 20.8 Å². The molecule has 0 atom stereocenters. The maximum absolute atomic E-state index is 8.74. The van der Waals surface area contributed by atoms with Gasteiger partial charge in [0.15, 0.2) is 0 Å². The van der Waals surface area contributed by atoms with Crippen molar-refractivity contribution in [2.24, 2.45) is 0 Å². The lowest BCUT2D eigenvalue weighted by molar-refractivity contribution is 0.378. The maximum atomic E-state index is 8.74. The minimum atomic E-state index is -4.67. The van der Waals surface area contributed by atoms with E-state index in [1.807, 2.05) is 0 Å². The highest BCUT2D eigenvalue weighted by Gasteiger charge is 1.85. The molecule has 0 radical (unpaired) electrons. The van der Waals surface area contributed by atoms with Crippen LogP contribution >= 0.6 is 12.4 Å². The number of hydrogen-bond donors (Lipinski definition) is 4. The fraction of sp³-hybridized carbons (Fsp3) is 0. The summed E-state index contributed by atoms with van der Waals surface area (Å²) in [7, 11) is -9.33. The predicted octanol–water partition coefficient (Wildman–Crippen LogP) is -2.72. The van der Waals surface area contributed by atoms with Crippen molar-refractivity contribution >= 4 is 79.3 Å². The third-order valence-electron chi connectivity index (χ3n) is 0. The Kier molecular flexibility index (Phi) is 26.2. The Morgan fingerprint density at radius 3 is 0.615 bits per heavy atom. The van der Waals surface area contributed by atoms with Gasteiger partial charge in [-0.1, -0.05) is 0 Å². The average molecular weight is 285 g/mol. The fourth-order valence-corrected chi connectivity index (χ4v) is 0. The topological polar surface area (TPSA) is 149 Å². The predicted molar refractivity (Wildman–Crippen MR) is 52.7 cm³/mol. The molecule has 13 heteroatoms. The van der Waals surface area contributed by atoms with E-state index in [1.54, 1.807) is 0 Å². The van der Waals surface area contributed by atoms with Crippen LogP contribution in [0.1, 0.15) is 0 Å². The van der Waals surface area contributed by atoms with Crippen molar-refractivity contribution in [3.63, 3.8) is 0 Å². The third kappa shape index (κ3) is 743. The van der Waals surface area contributed by atoms with E-state index in [0.29, 0.717) is 0 Å². The molecule has 4 N–H and O–H groups in total. The summed E-state index contributed by atoms with van der Waals surface area (Å²) in [6.45, 7) is 0. The molecule has 0 saturated carbocycles. The number of rotatable bonds is 0. The van der Waals surface area contributed by atoms with Crippen LogP contribution in [0.5, 0.6) is 0 Å². The molecule has 0 unspecified atom stereocenters. The Hall–Kier alpha value is 1.56. The monoisotopic (exact) mass is 284 g/mol. The number of hydrogen-bond acceptors (Lipinski definition) is 4. The zero-order chi connectivity index (χ0) is 9.00. The van der Waals surface area contributed by atoms with Gasteiger partial charge in [-0.3, -0.25) is 18.2 Å². The van der Waals surface area contributed by atoms with E-state index in [-0.39, 0.29) is 58.5 Å². The van der Waals surface area contributed by atoms with Crippen LogP contribution in [-0.4, -0.2) is 81.2 Å². The van der Waals surface area contributed by atoms with Crippen molar-refractivity contribution in [1.82, 2.24) is 0 Å². The summed E-state index contributed by atoms with van der Waals surface area (Å²) >= 11 is 0. The molecular weight excluding hydrogens is 276 g/mol. The highest BCUT2D eigenvalue weighted by molar-refractivity contribution is 7.80. The van der Waals surface area contributed by atoms with E-state index in [4.69, 9.17) is 35.0 Å². The summed E-state index contributed by atoms with van der Waals surface area (Å²) in [6.07, 6.45) is 0. The highest BCUT2D eigenvalue weighted by atomic mass is 35.5. The van der Waals surface area contributed by atoms with E-state index < -0.39 is 20.8 Å². The molecule has 0 heterocycles. The van der Waals surface area contributed by atoms with Crippen LogP contribution < -0.4 is 0 Å². The molecule has 0 bridgehead atoms. The summed E-state index contributed by atoms with van der Waals surface area (Å²) in [5, 5.41) is 0. The van der Waals surface area contributed by atoms with E-state index in [0.717, 1.165) is 0 Å². The van der Waals surface area contributed by atoms with Gasteiger partial charge in [0, 0.05) is 0 Å². The highest BCUT2D eigenvalue weighted by Crippen LogP contribution is 1.59. The minimum absolute atomic E-state index is 0. The summed E-state index contributed by atoms with van der Waals surface area (Å²) in [6, 6.07) is 0. The molecule has 13 heavy (non-hydrogen) atoms. The minimum Gasteiger partial charge on any atom is -0.264 e. The van der Waals surface area contributed by atoms with E-state index >= 15 is 0 Å². The maximum Gasteiger partial charge on any atom is 0.394 e. The Labute approximate surface area is 113 Å². The van der Waals surface area contributed by atoms with Crippen LogP contribution in [0, 0.1) is 0 Å². The Morgan fingerprint density at radius 1 is 0.615 bits per heavy atom. The first-order chi connectivity index (χ1) is 4.00. The zero-order valence-electron chi connectivity index (χ0n) is 4.65. The van der Waals surface area contributed by atoms with Gasteiger partial charge in [-0.05, 0) is 0 Å². The van der Waals surface area contributed by atoms with Gasteiger partial charge in [-0.15, -0.1) is 12.4 Å². The van der Waals surface area contributed by atoms with Gasteiger partial charge >= 0.3 is 66.9 Å². The van der Waals surface area contributed by atoms with Gasteiger partial charge in [0.25, 0.3) is 0 Å². The Bertz CT molecular complexity index is 217. The van der Waals surface area contributed by atoms with E-state index in [9.17, 15) is 0 Å². The van der Waals surface area contributed by atoms with E-state index in [1.165, 1.54) is 0 Å². The normalized spacial score (nSPS) is 8.92. The summed E-state index contributed by atoms with van der Waals surface area (Å²) in [5.41, 5.74) is 0. The molecule has 80 valence electrons. The molecule has 0 fully saturated rings. The molecule has 0 amide bonds. The zero-order valence-corrected chi connectivity index (χ0v) is 7.10. The molecule has 0 aromatic carbocycles. The van der Waals surface area contributed by atoms with Crippen LogP contribution in [0.3, 0.4) is 0 Å². The van der Waals surface area contributed by atoms with Crippen molar-refractivity contribution in [3.05, 3.63) is 0 Å². The van der Waals surface area contributed by atoms with Gasteiger partial charge in [0.1, 0.15) is 0 Å².